The monoisotopic (exact) mass is 423 g/mol. The minimum absolute atomic E-state index is 0.0200. The van der Waals surface area contributed by atoms with E-state index in [0.717, 1.165) is 4.47 Å². The third-order valence-corrected chi connectivity index (χ3v) is 4.18. The van der Waals surface area contributed by atoms with Gasteiger partial charge in [-0.2, -0.15) is 0 Å². The Morgan fingerprint density at radius 3 is 2.62 bits per heavy atom. The lowest BCUT2D eigenvalue weighted by atomic mass is 10.0. The van der Waals surface area contributed by atoms with Crippen LogP contribution in [0.4, 0.5) is 10.5 Å². The Hall–Kier alpha value is -2.09. The van der Waals surface area contributed by atoms with Gasteiger partial charge >= 0.3 is 6.09 Å². The Labute approximate surface area is 160 Å². The Morgan fingerprint density at radius 2 is 1.96 bits per heavy atom. The molecule has 26 heavy (non-hydrogen) atoms. The number of benzene rings is 2. The maximum atomic E-state index is 12.4. The molecule has 3 N–H and O–H groups in total. The van der Waals surface area contributed by atoms with E-state index in [1.807, 2.05) is 13.0 Å². The van der Waals surface area contributed by atoms with Crippen molar-refractivity contribution in [3.63, 3.8) is 0 Å². The van der Waals surface area contributed by atoms with Crippen LogP contribution < -0.4 is 5.32 Å². The van der Waals surface area contributed by atoms with Gasteiger partial charge in [0.15, 0.2) is 6.10 Å². The molecule has 0 aliphatic carbocycles. The molecule has 6 nitrogen and oxygen atoms in total. The summed E-state index contributed by atoms with van der Waals surface area (Å²) < 4.78 is 12.0. The zero-order valence-corrected chi connectivity index (χ0v) is 16.0. The van der Waals surface area contributed by atoms with Crippen LogP contribution in [0.1, 0.15) is 25.0 Å². The number of anilines is 1. The smallest absolute Gasteiger partial charge is 0.412 e. The molecule has 0 spiro atoms. The number of halogens is 1. The zero-order chi connectivity index (χ0) is 18.9. The fraction of sp³-hybridized carbons (Fsp3) is 0.316. The lowest BCUT2D eigenvalue weighted by Gasteiger charge is -2.27. The van der Waals surface area contributed by atoms with Gasteiger partial charge in [-0.15, -0.1) is 0 Å². The van der Waals surface area contributed by atoms with Gasteiger partial charge in [-0.1, -0.05) is 34.1 Å². The summed E-state index contributed by atoms with van der Waals surface area (Å²) in [5.74, 6) is -0.0200. The molecule has 2 atom stereocenters. The minimum atomic E-state index is -0.886. The highest BCUT2D eigenvalue weighted by molar-refractivity contribution is 9.10. The van der Waals surface area contributed by atoms with E-state index in [2.05, 4.69) is 21.2 Å². The van der Waals surface area contributed by atoms with E-state index in [9.17, 15) is 15.0 Å². The van der Waals surface area contributed by atoms with Gasteiger partial charge in [0, 0.05) is 35.4 Å². The molecule has 140 valence electrons. The maximum Gasteiger partial charge on any atom is 0.412 e. The number of amides is 1. The van der Waals surface area contributed by atoms with E-state index in [-0.39, 0.29) is 18.8 Å². The van der Waals surface area contributed by atoms with Crippen LogP contribution in [0.2, 0.25) is 0 Å². The number of carbonyl (C=O) groups excluding carboxylic acids is 1. The van der Waals surface area contributed by atoms with Gasteiger partial charge < -0.3 is 19.7 Å². The highest BCUT2D eigenvalue weighted by atomic mass is 79.9. The summed E-state index contributed by atoms with van der Waals surface area (Å²) in [6.45, 7) is 2.05. The lowest BCUT2D eigenvalue weighted by Crippen LogP contribution is -2.29. The van der Waals surface area contributed by atoms with Crippen molar-refractivity contribution < 1.29 is 24.5 Å². The fourth-order valence-electron chi connectivity index (χ4n) is 2.54. The third-order valence-electron chi connectivity index (χ3n) is 3.68. The van der Waals surface area contributed by atoms with E-state index in [4.69, 9.17) is 9.47 Å². The number of nitrogens with one attached hydrogen (secondary N) is 1. The van der Waals surface area contributed by atoms with Crippen molar-refractivity contribution in [2.75, 3.05) is 18.5 Å². The average Bonchev–Trinajstić information content (AvgIpc) is 2.63. The molecule has 0 unspecified atom stereocenters. The molecule has 0 aliphatic rings. The first-order valence-corrected chi connectivity index (χ1v) is 9.08. The van der Waals surface area contributed by atoms with E-state index >= 15 is 0 Å². The number of para-hydroxylation sites is 1. The van der Waals surface area contributed by atoms with Crippen molar-refractivity contribution in [2.45, 2.75) is 25.6 Å². The Bertz CT molecular complexity index is 704. The molecule has 7 heteroatoms. The van der Waals surface area contributed by atoms with Crippen LogP contribution in [0.5, 0.6) is 5.75 Å². The molecular weight excluding hydrogens is 402 g/mol. The van der Waals surface area contributed by atoms with E-state index in [0.29, 0.717) is 17.9 Å². The highest BCUT2D eigenvalue weighted by Gasteiger charge is 2.30. The first-order chi connectivity index (χ1) is 12.5. The summed E-state index contributed by atoms with van der Waals surface area (Å²) in [6.07, 6.45) is -1.92. The number of phenols is 1. The van der Waals surface area contributed by atoms with Gasteiger partial charge in [0.25, 0.3) is 0 Å². The summed E-state index contributed by atoms with van der Waals surface area (Å²) in [5.41, 5.74) is 0.985. The molecule has 0 bridgehead atoms. The molecule has 0 saturated carbocycles. The standard InChI is InChI=1S/C19H22BrNO5/c1-2-25-17(10-11-22)18(15-12-13(20)8-9-16(15)23)26-19(24)21-14-6-4-3-5-7-14/h3-9,12,17-18,22-23H,2,10-11H2,1H3,(H,21,24)/t17-,18-/m1/s1. The topological polar surface area (TPSA) is 88.0 Å². The number of hydrogen-bond donors (Lipinski definition) is 3. The molecule has 0 heterocycles. The van der Waals surface area contributed by atoms with E-state index in [1.54, 1.807) is 36.4 Å². The maximum absolute atomic E-state index is 12.4. The second kappa shape index (κ2) is 10.2. The van der Waals surface area contributed by atoms with Crippen molar-refractivity contribution in [3.05, 3.63) is 58.6 Å². The second-order valence-electron chi connectivity index (χ2n) is 5.53. The summed E-state index contributed by atoms with van der Waals surface area (Å²) in [6, 6.07) is 13.8. The molecule has 0 saturated heterocycles. The molecule has 1 amide bonds. The van der Waals surface area contributed by atoms with Gasteiger partial charge in [0.2, 0.25) is 0 Å². The summed E-state index contributed by atoms with van der Waals surface area (Å²) in [7, 11) is 0. The molecule has 0 fully saturated rings. The van der Waals surface area contributed by atoms with Crippen LogP contribution in [0, 0.1) is 0 Å². The van der Waals surface area contributed by atoms with E-state index < -0.39 is 18.3 Å². The van der Waals surface area contributed by atoms with Gasteiger partial charge in [-0.3, -0.25) is 5.32 Å². The van der Waals surface area contributed by atoms with Gasteiger partial charge in [-0.05, 0) is 37.3 Å². The zero-order valence-electron chi connectivity index (χ0n) is 14.4. The molecule has 0 aromatic heterocycles. The predicted molar refractivity (Wildman–Crippen MR) is 102 cm³/mol. The Morgan fingerprint density at radius 1 is 1.23 bits per heavy atom. The first-order valence-electron chi connectivity index (χ1n) is 8.28. The normalized spacial score (nSPS) is 13.0. The summed E-state index contributed by atoms with van der Waals surface area (Å²) in [4.78, 5) is 12.4. The molecule has 0 radical (unpaired) electrons. The summed E-state index contributed by atoms with van der Waals surface area (Å²) >= 11 is 3.35. The molecule has 0 aliphatic heterocycles. The second-order valence-corrected chi connectivity index (χ2v) is 6.44. The average molecular weight is 424 g/mol. The molecule has 2 aromatic rings. The van der Waals surface area contributed by atoms with Gasteiger partial charge in [0.1, 0.15) is 11.9 Å². The fourth-order valence-corrected chi connectivity index (χ4v) is 2.92. The number of aromatic hydroxyl groups is 1. The van der Waals surface area contributed by atoms with Crippen LogP contribution in [0.15, 0.2) is 53.0 Å². The number of aliphatic hydroxyl groups is 1. The predicted octanol–water partition coefficient (Wildman–Crippen LogP) is 4.23. The number of aliphatic hydroxyl groups excluding tert-OH is 1. The molecule has 2 rings (SSSR count). The molecule has 2 aromatic carbocycles. The largest absolute Gasteiger partial charge is 0.508 e. The minimum Gasteiger partial charge on any atom is -0.508 e. The van der Waals surface area contributed by atoms with Crippen LogP contribution in [-0.4, -0.2) is 35.6 Å². The van der Waals surface area contributed by atoms with Crippen molar-refractivity contribution in [1.29, 1.82) is 0 Å². The Kier molecular flexibility index (Phi) is 7.90. The van der Waals surface area contributed by atoms with Crippen LogP contribution in [-0.2, 0) is 9.47 Å². The number of ether oxygens (including phenoxy) is 2. The number of rotatable bonds is 8. The highest BCUT2D eigenvalue weighted by Crippen LogP contribution is 2.34. The van der Waals surface area contributed by atoms with Crippen molar-refractivity contribution in [3.8, 4) is 5.75 Å². The van der Waals surface area contributed by atoms with Crippen LogP contribution in [0.3, 0.4) is 0 Å². The first kappa shape index (κ1) is 20.2. The van der Waals surface area contributed by atoms with Crippen molar-refractivity contribution in [2.24, 2.45) is 0 Å². The van der Waals surface area contributed by atoms with Crippen LogP contribution in [0.25, 0.3) is 0 Å². The number of hydrogen-bond acceptors (Lipinski definition) is 5. The third kappa shape index (κ3) is 5.72. The number of carbonyl (C=O) groups is 1. The quantitative estimate of drug-likeness (QED) is 0.590. The van der Waals surface area contributed by atoms with Crippen molar-refractivity contribution >= 4 is 27.7 Å². The number of phenolic OH excluding ortho intramolecular Hbond substituents is 1. The lowest BCUT2D eigenvalue weighted by molar-refractivity contribution is -0.0491. The van der Waals surface area contributed by atoms with Crippen LogP contribution >= 0.6 is 15.9 Å². The van der Waals surface area contributed by atoms with Gasteiger partial charge in [0.05, 0.1) is 0 Å². The van der Waals surface area contributed by atoms with Crippen molar-refractivity contribution in [1.82, 2.24) is 0 Å². The Balaban J connectivity index is 2.27. The van der Waals surface area contributed by atoms with E-state index in [1.165, 1.54) is 6.07 Å². The van der Waals surface area contributed by atoms with Gasteiger partial charge in [-0.25, -0.2) is 4.79 Å². The summed E-state index contributed by atoms with van der Waals surface area (Å²) in [5, 5.41) is 22.2. The SMILES string of the molecule is CCO[C@H](CCO)[C@H](OC(=O)Nc1ccccc1)c1cc(Br)ccc1O. The molecular formula is C19H22BrNO5.